The number of hydrogen-bond donors (Lipinski definition) is 0. The van der Waals surface area contributed by atoms with Gasteiger partial charge in [0.15, 0.2) is 6.10 Å². The number of hydrogen-bond acceptors (Lipinski definition) is 4. The third-order valence-electron chi connectivity index (χ3n) is 3.55. The first-order valence-corrected chi connectivity index (χ1v) is 7.22. The second kappa shape index (κ2) is 6.20. The van der Waals surface area contributed by atoms with Crippen molar-refractivity contribution in [3.8, 4) is 0 Å². The molecular formula is C17H14ClNO3. The van der Waals surface area contributed by atoms with Crippen LogP contribution in [0.1, 0.15) is 34.0 Å². The van der Waals surface area contributed by atoms with Crippen LogP contribution in [0.25, 0.3) is 0 Å². The predicted molar refractivity (Wildman–Crippen MR) is 84.2 cm³/mol. The van der Waals surface area contributed by atoms with E-state index in [-0.39, 0.29) is 12.1 Å². The van der Waals surface area contributed by atoms with Gasteiger partial charge >= 0.3 is 5.97 Å². The summed E-state index contributed by atoms with van der Waals surface area (Å²) in [6.45, 7) is 0. The maximum atomic E-state index is 11.8. The molecule has 2 aromatic rings. The molecule has 0 radical (unpaired) electrons. The molecule has 1 aliphatic rings. The highest BCUT2D eigenvalue weighted by atomic mass is 35.5. The average molecular weight is 316 g/mol. The van der Waals surface area contributed by atoms with Crippen LogP contribution in [0.2, 0.25) is 5.02 Å². The van der Waals surface area contributed by atoms with Gasteiger partial charge in [-0.25, -0.2) is 4.79 Å². The number of nitrogens with zero attached hydrogens (tertiary/aromatic N) is 1. The number of ether oxygens (including phenoxy) is 1. The Morgan fingerprint density at radius 1 is 1.23 bits per heavy atom. The maximum absolute atomic E-state index is 11.8. The van der Waals surface area contributed by atoms with Gasteiger partial charge in [0.1, 0.15) is 0 Å². The van der Waals surface area contributed by atoms with Crippen LogP contribution in [-0.2, 0) is 9.57 Å². The Hall–Kier alpha value is -2.33. The molecule has 3 rings (SSSR count). The Labute approximate surface area is 133 Å². The molecule has 1 heterocycles. The number of halogens is 1. The lowest BCUT2D eigenvalue weighted by Gasteiger charge is -2.09. The maximum Gasteiger partial charge on any atom is 0.338 e. The molecule has 22 heavy (non-hydrogen) atoms. The third kappa shape index (κ3) is 2.83. The number of oxime groups is 1. The summed E-state index contributed by atoms with van der Waals surface area (Å²) in [7, 11) is 1.36. The largest absolute Gasteiger partial charge is 0.465 e. The quantitative estimate of drug-likeness (QED) is 0.805. The van der Waals surface area contributed by atoms with Crippen molar-refractivity contribution in [2.45, 2.75) is 12.5 Å². The van der Waals surface area contributed by atoms with Gasteiger partial charge in [-0.1, -0.05) is 47.1 Å². The van der Waals surface area contributed by atoms with Crippen molar-refractivity contribution in [2.75, 3.05) is 7.11 Å². The van der Waals surface area contributed by atoms with Gasteiger partial charge in [0.2, 0.25) is 0 Å². The van der Waals surface area contributed by atoms with Gasteiger partial charge in [-0.3, -0.25) is 0 Å². The first-order chi connectivity index (χ1) is 10.7. The van der Waals surface area contributed by atoms with E-state index in [9.17, 15) is 4.79 Å². The minimum Gasteiger partial charge on any atom is -0.465 e. The minimum atomic E-state index is -0.381. The number of carbonyl (C=O) groups is 1. The normalized spacial score (nSPS) is 16.8. The summed E-state index contributed by atoms with van der Waals surface area (Å²) in [6, 6.07) is 14.7. The monoisotopic (exact) mass is 315 g/mol. The van der Waals surface area contributed by atoms with Crippen molar-refractivity contribution in [3.63, 3.8) is 0 Å². The van der Waals surface area contributed by atoms with E-state index in [1.807, 2.05) is 36.4 Å². The Balaban J connectivity index is 1.84. The molecule has 1 aliphatic heterocycles. The van der Waals surface area contributed by atoms with Crippen LogP contribution < -0.4 is 0 Å². The Kier molecular flexibility index (Phi) is 4.11. The van der Waals surface area contributed by atoms with Crippen LogP contribution in [0.5, 0.6) is 0 Å². The molecule has 0 saturated heterocycles. The van der Waals surface area contributed by atoms with Gasteiger partial charge in [-0.2, -0.15) is 0 Å². The highest BCUT2D eigenvalue weighted by Crippen LogP contribution is 2.31. The molecule has 0 fully saturated rings. The summed E-state index contributed by atoms with van der Waals surface area (Å²) >= 11 is 5.89. The Morgan fingerprint density at radius 2 is 1.95 bits per heavy atom. The topological polar surface area (TPSA) is 47.9 Å². The number of esters is 1. The molecule has 0 aliphatic carbocycles. The molecule has 2 aromatic carbocycles. The van der Waals surface area contributed by atoms with Crippen molar-refractivity contribution < 1.29 is 14.4 Å². The molecule has 0 aromatic heterocycles. The van der Waals surface area contributed by atoms with Crippen LogP contribution in [0.3, 0.4) is 0 Å². The molecule has 112 valence electrons. The van der Waals surface area contributed by atoms with Crippen LogP contribution in [0, 0.1) is 0 Å². The summed E-state index contributed by atoms with van der Waals surface area (Å²) in [5.74, 6) is -0.381. The van der Waals surface area contributed by atoms with Gasteiger partial charge in [0.25, 0.3) is 0 Å². The van der Waals surface area contributed by atoms with Crippen molar-refractivity contribution in [1.29, 1.82) is 0 Å². The third-order valence-corrected chi connectivity index (χ3v) is 3.81. The van der Waals surface area contributed by atoms with Gasteiger partial charge in [-0.05, 0) is 23.8 Å². The second-order valence-electron chi connectivity index (χ2n) is 4.92. The zero-order valence-electron chi connectivity index (χ0n) is 12.0. The van der Waals surface area contributed by atoms with E-state index < -0.39 is 0 Å². The first kappa shape index (κ1) is 14.6. The van der Waals surface area contributed by atoms with E-state index in [0.717, 1.165) is 16.8 Å². The molecular weight excluding hydrogens is 302 g/mol. The number of rotatable bonds is 3. The summed E-state index contributed by atoms with van der Waals surface area (Å²) < 4.78 is 4.81. The zero-order chi connectivity index (χ0) is 15.5. The lowest BCUT2D eigenvalue weighted by atomic mass is 9.97. The van der Waals surface area contributed by atoms with Crippen molar-refractivity contribution >= 4 is 23.3 Å². The molecule has 0 saturated carbocycles. The SMILES string of the molecule is COC(=O)c1ccccc1C1=NOC(c2ccc(Cl)cc2)C1. The van der Waals surface area contributed by atoms with E-state index in [1.165, 1.54) is 7.11 Å². The molecule has 4 nitrogen and oxygen atoms in total. The summed E-state index contributed by atoms with van der Waals surface area (Å²) in [6.07, 6.45) is 0.424. The van der Waals surface area contributed by atoms with Crippen molar-refractivity contribution in [2.24, 2.45) is 5.16 Å². The summed E-state index contributed by atoms with van der Waals surface area (Å²) in [4.78, 5) is 17.4. The molecule has 1 unspecified atom stereocenters. The molecule has 0 spiro atoms. The summed E-state index contributed by atoms with van der Waals surface area (Å²) in [5.41, 5.74) is 2.97. The van der Waals surface area contributed by atoms with Crippen LogP contribution in [-0.4, -0.2) is 18.8 Å². The fourth-order valence-corrected chi connectivity index (χ4v) is 2.54. The van der Waals surface area contributed by atoms with E-state index in [4.69, 9.17) is 21.2 Å². The van der Waals surface area contributed by atoms with Gasteiger partial charge in [-0.15, -0.1) is 0 Å². The van der Waals surface area contributed by atoms with Gasteiger partial charge in [0.05, 0.1) is 18.4 Å². The van der Waals surface area contributed by atoms with Crippen molar-refractivity contribution in [1.82, 2.24) is 0 Å². The number of methoxy groups -OCH3 is 1. The molecule has 5 heteroatoms. The minimum absolute atomic E-state index is 0.169. The lowest BCUT2D eigenvalue weighted by molar-refractivity contribution is 0.0600. The highest BCUT2D eigenvalue weighted by molar-refractivity contribution is 6.30. The van der Waals surface area contributed by atoms with E-state index >= 15 is 0 Å². The van der Waals surface area contributed by atoms with Gasteiger partial charge in [0, 0.05) is 17.0 Å². The highest BCUT2D eigenvalue weighted by Gasteiger charge is 2.26. The zero-order valence-corrected chi connectivity index (χ0v) is 12.7. The smallest absolute Gasteiger partial charge is 0.338 e. The van der Waals surface area contributed by atoms with Crippen LogP contribution in [0.4, 0.5) is 0 Å². The Bertz CT molecular complexity index is 725. The van der Waals surface area contributed by atoms with Crippen molar-refractivity contribution in [3.05, 3.63) is 70.2 Å². The van der Waals surface area contributed by atoms with Crippen LogP contribution in [0.15, 0.2) is 53.7 Å². The first-order valence-electron chi connectivity index (χ1n) is 6.85. The Morgan fingerprint density at radius 3 is 2.68 bits per heavy atom. The van der Waals surface area contributed by atoms with E-state index in [1.54, 1.807) is 12.1 Å². The fraction of sp³-hybridized carbons (Fsp3) is 0.176. The molecule has 0 amide bonds. The van der Waals surface area contributed by atoms with E-state index in [2.05, 4.69) is 5.16 Å². The average Bonchev–Trinajstić information content (AvgIpc) is 3.04. The summed E-state index contributed by atoms with van der Waals surface area (Å²) in [5, 5.41) is 4.82. The van der Waals surface area contributed by atoms with E-state index in [0.29, 0.717) is 17.0 Å². The van der Waals surface area contributed by atoms with Crippen LogP contribution >= 0.6 is 11.6 Å². The number of carbonyl (C=O) groups excluding carboxylic acids is 1. The predicted octanol–water partition coefficient (Wildman–Crippen LogP) is 3.99. The standard InChI is InChI=1S/C17H14ClNO3/c1-21-17(20)14-5-3-2-4-13(14)15-10-16(22-19-15)11-6-8-12(18)9-7-11/h2-9,16H,10H2,1H3. The van der Waals surface area contributed by atoms with Gasteiger partial charge < -0.3 is 9.57 Å². The lowest BCUT2D eigenvalue weighted by Crippen LogP contribution is -2.10. The number of benzene rings is 2. The molecule has 0 N–H and O–H groups in total. The molecule has 0 bridgehead atoms. The second-order valence-corrected chi connectivity index (χ2v) is 5.36. The fourth-order valence-electron chi connectivity index (χ4n) is 2.42. The molecule has 1 atom stereocenters.